The van der Waals surface area contributed by atoms with Crippen LogP contribution in [0.3, 0.4) is 0 Å². The highest BCUT2D eigenvalue weighted by atomic mass is 16.5. The fourth-order valence-corrected chi connectivity index (χ4v) is 2.27. The molecule has 0 fully saturated rings. The lowest BCUT2D eigenvalue weighted by Gasteiger charge is -2.10. The van der Waals surface area contributed by atoms with Crippen LogP contribution in [0.2, 0.25) is 0 Å². The first-order valence-electron chi connectivity index (χ1n) is 7.21. The van der Waals surface area contributed by atoms with Gasteiger partial charge in [-0.1, -0.05) is 18.2 Å². The zero-order valence-corrected chi connectivity index (χ0v) is 12.5. The molecule has 1 heterocycles. The highest BCUT2D eigenvalue weighted by molar-refractivity contribution is 5.90. The Kier molecular flexibility index (Phi) is 4.39. The van der Waals surface area contributed by atoms with Crippen molar-refractivity contribution in [3.05, 3.63) is 60.8 Å². The van der Waals surface area contributed by atoms with Crippen LogP contribution >= 0.6 is 0 Å². The van der Waals surface area contributed by atoms with Crippen LogP contribution in [-0.2, 0) is 0 Å². The molecule has 112 valence electrons. The number of benzene rings is 2. The monoisotopic (exact) mass is 294 g/mol. The maximum Gasteiger partial charge on any atom is 0.119 e. The van der Waals surface area contributed by atoms with Crippen molar-refractivity contribution in [2.45, 2.75) is 0 Å². The minimum Gasteiger partial charge on any atom is -0.497 e. The summed E-state index contributed by atoms with van der Waals surface area (Å²) < 4.78 is 10.8. The second-order valence-corrected chi connectivity index (χ2v) is 4.83. The Balaban J connectivity index is 1.56. The van der Waals surface area contributed by atoms with Crippen molar-refractivity contribution < 1.29 is 9.47 Å². The zero-order valence-electron chi connectivity index (χ0n) is 12.5. The summed E-state index contributed by atoms with van der Waals surface area (Å²) in [5.74, 6) is 1.66. The molecule has 1 aromatic heterocycles. The van der Waals surface area contributed by atoms with Crippen molar-refractivity contribution in [1.29, 1.82) is 0 Å². The van der Waals surface area contributed by atoms with E-state index in [0.29, 0.717) is 13.2 Å². The first-order chi connectivity index (χ1) is 10.9. The van der Waals surface area contributed by atoms with E-state index in [1.165, 1.54) is 0 Å². The topological polar surface area (TPSA) is 43.4 Å². The quantitative estimate of drug-likeness (QED) is 0.703. The van der Waals surface area contributed by atoms with E-state index in [4.69, 9.17) is 9.47 Å². The van der Waals surface area contributed by atoms with Gasteiger partial charge in [0.2, 0.25) is 0 Å². The highest BCUT2D eigenvalue weighted by Gasteiger charge is 2.01. The predicted octanol–water partition coefficient (Wildman–Crippen LogP) is 3.73. The van der Waals surface area contributed by atoms with Crippen LogP contribution in [0.15, 0.2) is 60.8 Å². The number of nitrogens with zero attached hydrogens (tertiary/aromatic N) is 1. The fourth-order valence-electron chi connectivity index (χ4n) is 2.27. The van der Waals surface area contributed by atoms with Crippen LogP contribution in [0.25, 0.3) is 10.9 Å². The Bertz CT molecular complexity index is 736. The summed E-state index contributed by atoms with van der Waals surface area (Å²) in [5.41, 5.74) is 2.01. The molecule has 0 aliphatic carbocycles. The average Bonchev–Trinajstić information content (AvgIpc) is 2.59. The molecule has 0 saturated carbocycles. The van der Waals surface area contributed by atoms with Crippen LogP contribution in [0, 0.1) is 0 Å². The lowest BCUT2D eigenvalue weighted by Crippen LogP contribution is -2.11. The fraction of sp³-hybridized carbons (Fsp3) is 0.167. The number of para-hydroxylation sites is 1. The third-order valence-electron chi connectivity index (χ3n) is 3.38. The highest BCUT2D eigenvalue weighted by Crippen LogP contribution is 2.20. The van der Waals surface area contributed by atoms with Crippen LogP contribution in [0.4, 0.5) is 5.69 Å². The van der Waals surface area contributed by atoms with E-state index in [1.807, 2.05) is 42.5 Å². The lowest BCUT2D eigenvalue weighted by molar-refractivity contribution is 0.332. The van der Waals surface area contributed by atoms with Gasteiger partial charge in [0.25, 0.3) is 0 Å². The molecular formula is C18H18N2O2. The minimum atomic E-state index is 0.579. The molecule has 0 saturated heterocycles. The van der Waals surface area contributed by atoms with E-state index in [2.05, 4.69) is 22.4 Å². The summed E-state index contributed by atoms with van der Waals surface area (Å²) in [7, 11) is 1.65. The van der Waals surface area contributed by atoms with E-state index in [0.717, 1.165) is 28.1 Å². The number of hydrogen-bond donors (Lipinski definition) is 1. The third kappa shape index (κ3) is 3.28. The molecular weight excluding hydrogens is 276 g/mol. The number of methoxy groups -OCH3 is 1. The van der Waals surface area contributed by atoms with Gasteiger partial charge in [-0.05, 0) is 36.4 Å². The van der Waals surface area contributed by atoms with E-state index in [9.17, 15) is 0 Å². The number of aromatic nitrogens is 1. The molecule has 2 aromatic carbocycles. The van der Waals surface area contributed by atoms with E-state index in [-0.39, 0.29) is 0 Å². The van der Waals surface area contributed by atoms with Gasteiger partial charge in [0.1, 0.15) is 18.1 Å². The Morgan fingerprint density at radius 1 is 0.955 bits per heavy atom. The van der Waals surface area contributed by atoms with Gasteiger partial charge in [-0.25, -0.2) is 0 Å². The average molecular weight is 294 g/mol. The van der Waals surface area contributed by atoms with Crippen LogP contribution in [-0.4, -0.2) is 25.2 Å². The Morgan fingerprint density at radius 3 is 2.55 bits per heavy atom. The van der Waals surface area contributed by atoms with E-state index in [1.54, 1.807) is 13.3 Å². The summed E-state index contributed by atoms with van der Waals surface area (Å²) in [4.78, 5) is 4.42. The number of pyridine rings is 1. The molecule has 4 nitrogen and oxygen atoms in total. The molecule has 1 N–H and O–H groups in total. The van der Waals surface area contributed by atoms with Gasteiger partial charge < -0.3 is 14.8 Å². The van der Waals surface area contributed by atoms with Crippen molar-refractivity contribution in [3.8, 4) is 11.5 Å². The SMILES string of the molecule is COc1ccc(OCCNc2cccc3cccnc23)cc1. The second kappa shape index (κ2) is 6.80. The van der Waals surface area contributed by atoms with Crippen molar-refractivity contribution in [2.75, 3.05) is 25.6 Å². The van der Waals surface area contributed by atoms with Crippen molar-refractivity contribution in [1.82, 2.24) is 4.98 Å². The molecule has 0 aliphatic heterocycles. The summed E-state index contributed by atoms with van der Waals surface area (Å²) in [6, 6.07) is 17.7. The van der Waals surface area contributed by atoms with Gasteiger partial charge in [0.05, 0.1) is 18.3 Å². The summed E-state index contributed by atoms with van der Waals surface area (Å²) in [6.45, 7) is 1.29. The van der Waals surface area contributed by atoms with Gasteiger partial charge in [-0.15, -0.1) is 0 Å². The van der Waals surface area contributed by atoms with Crippen LogP contribution in [0.1, 0.15) is 0 Å². The normalized spacial score (nSPS) is 10.4. The summed E-state index contributed by atoms with van der Waals surface area (Å²) in [6.07, 6.45) is 1.81. The predicted molar refractivity (Wildman–Crippen MR) is 88.7 cm³/mol. The molecule has 4 heteroatoms. The second-order valence-electron chi connectivity index (χ2n) is 4.83. The summed E-state index contributed by atoms with van der Waals surface area (Å²) >= 11 is 0. The maximum absolute atomic E-state index is 5.70. The standard InChI is InChI=1S/C18H18N2O2/c1-21-15-7-9-16(10-8-15)22-13-12-19-17-6-2-4-14-5-3-11-20-18(14)17/h2-11,19H,12-13H2,1H3. The lowest BCUT2D eigenvalue weighted by atomic mass is 10.2. The number of fused-ring (bicyclic) bond motifs is 1. The first-order valence-corrected chi connectivity index (χ1v) is 7.21. The number of ether oxygens (including phenoxy) is 2. The molecule has 0 aliphatic rings. The van der Waals surface area contributed by atoms with E-state index < -0.39 is 0 Å². The smallest absolute Gasteiger partial charge is 0.119 e. The van der Waals surface area contributed by atoms with E-state index >= 15 is 0 Å². The number of rotatable bonds is 6. The van der Waals surface area contributed by atoms with Crippen molar-refractivity contribution in [2.24, 2.45) is 0 Å². The van der Waals surface area contributed by atoms with Gasteiger partial charge in [0, 0.05) is 18.1 Å². The number of hydrogen-bond acceptors (Lipinski definition) is 4. The van der Waals surface area contributed by atoms with Crippen molar-refractivity contribution >= 4 is 16.6 Å². The number of nitrogens with one attached hydrogen (secondary N) is 1. The minimum absolute atomic E-state index is 0.579. The Labute approximate surface area is 129 Å². The van der Waals surface area contributed by atoms with Crippen LogP contribution < -0.4 is 14.8 Å². The molecule has 0 spiro atoms. The molecule has 0 amide bonds. The van der Waals surface area contributed by atoms with Crippen LogP contribution in [0.5, 0.6) is 11.5 Å². The molecule has 3 aromatic rings. The van der Waals surface area contributed by atoms with Gasteiger partial charge in [-0.2, -0.15) is 0 Å². The summed E-state index contributed by atoms with van der Waals surface area (Å²) in [5, 5.41) is 4.50. The molecule has 0 bridgehead atoms. The molecule has 0 atom stereocenters. The first kappa shape index (κ1) is 14.2. The van der Waals surface area contributed by atoms with Gasteiger partial charge in [0.15, 0.2) is 0 Å². The molecule has 0 radical (unpaired) electrons. The Morgan fingerprint density at radius 2 is 1.73 bits per heavy atom. The Hall–Kier alpha value is -2.75. The molecule has 22 heavy (non-hydrogen) atoms. The molecule has 3 rings (SSSR count). The largest absolute Gasteiger partial charge is 0.497 e. The molecule has 0 unspecified atom stereocenters. The number of anilines is 1. The zero-order chi connectivity index (χ0) is 15.2. The van der Waals surface area contributed by atoms with Gasteiger partial charge in [-0.3, -0.25) is 4.98 Å². The van der Waals surface area contributed by atoms with Crippen molar-refractivity contribution in [3.63, 3.8) is 0 Å². The van der Waals surface area contributed by atoms with Gasteiger partial charge >= 0.3 is 0 Å². The maximum atomic E-state index is 5.70. The third-order valence-corrected chi connectivity index (χ3v) is 3.38.